The number of nitrogens with zero attached hydrogens (tertiary/aromatic N) is 5. The standard InChI is InChI=1S/C22H23N7O8S2.2Na/c1-28-22(25-26-27-28)39-10-12-9-38-20-16(19(34)29(20)17(12)21(35)36)24-18(33)15(11-5-3-2-4-6-11)23-13(30)7-37-8-14(31)32;;/h2-6,15-16,20H,7-10H2,1H3,(H,23,30)(H,24,33)(H,31,32)(H,35,36);;/q;2*+1/p-2/t15?,16-,20-;;/m1../s1. The number of hydrogen-bond donors (Lipinski definition) is 2. The van der Waals surface area contributed by atoms with Crippen molar-refractivity contribution in [1.29, 1.82) is 0 Å². The average Bonchev–Trinajstić information content (AvgIpc) is 3.32. The molecule has 1 saturated heterocycles. The van der Waals surface area contributed by atoms with E-state index in [2.05, 4.69) is 26.2 Å². The monoisotopic (exact) mass is 621 g/mol. The number of carboxylic acid groups (broad SMARTS) is 2. The second kappa shape index (κ2) is 16.0. The van der Waals surface area contributed by atoms with Crippen molar-refractivity contribution in [3.63, 3.8) is 0 Å². The van der Waals surface area contributed by atoms with Crippen molar-refractivity contribution in [2.24, 2.45) is 7.05 Å². The van der Waals surface area contributed by atoms with Crippen LogP contribution < -0.4 is 80.0 Å². The zero-order chi connectivity index (χ0) is 28.1. The second-order valence-electron chi connectivity index (χ2n) is 8.29. The summed E-state index contributed by atoms with van der Waals surface area (Å²) in [6.45, 7) is -1.44. The molecule has 1 unspecified atom stereocenters. The maximum atomic E-state index is 13.2. The molecule has 1 aromatic heterocycles. The Hall–Kier alpha value is -1.96. The Bertz CT molecular complexity index is 1330. The number of carbonyl (C=O) groups is 5. The molecule has 0 saturated carbocycles. The van der Waals surface area contributed by atoms with Crippen LogP contribution in [0.5, 0.6) is 0 Å². The third-order valence-electron chi connectivity index (χ3n) is 5.65. The molecule has 1 aromatic carbocycles. The molecule has 2 N–H and O–H groups in total. The normalized spacial score (nSPS) is 18.2. The Balaban J connectivity index is 0.00000294. The molecule has 0 bridgehead atoms. The Morgan fingerprint density at radius 2 is 1.88 bits per heavy atom. The van der Waals surface area contributed by atoms with Crippen LogP contribution in [-0.4, -0.2) is 90.9 Å². The topological polar surface area (TPSA) is 212 Å². The summed E-state index contributed by atoms with van der Waals surface area (Å²) in [5, 5.41) is 38.4. The first-order valence-electron chi connectivity index (χ1n) is 11.3. The molecular weight excluding hydrogens is 600 g/mol. The number of fused-ring (bicyclic) bond motifs is 1. The number of rotatable bonds is 12. The van der Waals surface area contributed by atoms with Gasteiger partial charge in [0.1, 0.15) is 24.1 Å². The minimum Gasteiger partial charge on any atom is -0.548 e. The molecular formula is C22H21N7Na2O8S2. The van der Waals surface area contributed by atoms with Crippen LogP contribution in [0.2, 0.25) is 0 Å². The number of aliphatic carboxylic acids is 2. The van der Waals surface area contributed by atoms with Gasteiger partial charge in [0.15, 0.2) is 0 Å². The molecule has 19 heteroatoms. The third kappa shape index (κ3) is 8.55. The van der Waals surface area contributed by atoms with Crippen LogP contribution in [0.1, 0.15) is 11.6 Å². The van der Waals surface area contributed by atoms with Crippen molar-refractivity contribution >= 4 is 53.2 Å². The Labute approximate surface area is 286 Å². The number of aromatic nitrogens is 4. The van der Waals surface area contributed by atoms with Crippen LogP contribution in [0.3, 0.4) is 0 Å². The molecule has 0 aliphatic carbocycles. The first-order valence-corrected chi connectivity index (χ1v) is 13.4. The maximum absolute atomic E-state index is 13.2. The Morgan fingerprint density at radius 1 is 1.17 bits per heavy atom. The summed E-state index contributed by atoms with van der Waals surface area (Å²) < 4.78 is 6.15. The SMILES string of the molecule is Cn1nnnc1SCC1=C(C(=O)[O-])N2C(=O)[C@@H](NC(=O)C(NC(=O)COCC(=O)[O-])c3ccccc3)[C@H]2SC1.[Na+].[Na+]. The van der Waals surface area contributed by atoms with Gasteiger partial charge in [0.2, 0.25) is 17.0 Å². The number of ether oxygens (including phenoxy) is 1. The van der Waals surface area contributed by atoms with Gasteiger partial charge in [-0.05, 0) is 21.6 Å². The Morgan fingerprint density at radius 3 is 2.49 bits per heavy atom. The van der Waals surface area contributed by atoms with Gasteiger partial charge in [-0.2, -0.15) is 0 Å². The molecule has 1 fully saturated rings. The molecule has 0 spiro atoms. The number of nitrogens with one attached hydrogen (secondary N) is 2. The molecule has 206 valence electrons. The molecule has 15 nitrogen and oxygen atoms in total. The van der Waals surface area contributed by atoms with E-state index < -0.39 is 60.3 Å². The fraction of sp³-hybridized carbons (Fsp3) is 0.364. The Kier molecular flexibility index (Phi) is 13.8. The number of amides is 3. The summed E-state index contributed by atoms with van der Waals surface area (Å²) in [6, 6.07) is 5.90. The molecule has 4 rings (SSSR count). The van der Waals surface area contributed by atoms with E-state index in [1.54, 1.807) is 37.4 Å². The molecule has 2 aliphatic rings. The summed E-state index contributed by atoms with van der Waals surface area (Å²) >= 11 is 2.48. The summed E-state index contributed by atoms with van der Waals surface area (Å²) in [7, 11) is 1.64. The van der Waals surface area contributed by atoms with E-state index in [1.807, 2.05) is 0 Å². The second-order valence-corrected chi connectivity index (χ2v) is 10.3. The van der Waals surface area contributed by atoms with Crippen molar-refractivity contribution in [1.82, 2.24) is 35.7 Å². The molecule has 3 amide bonds. The van der Waals surface area contributed by atoms with Crippen molar-refractivity contribution in [2.75, 3.05) is 24.7 Å². The quantitative estimate of drug-likeness (QED) is 0.128. The van der Waals surface area contributed by atoms with E-state index in [-0.39, 0.29) is 76.3 Å². The number of thioether (sulfide) groups is 2. The minimum absolute atomic E-state index is 0. The molecule has 3 atom stereocenters. The zero-order valence-electron chi connectivity index (χ0n) is 22.3. The van der Waals surface area contributed by atoms with Crippen molar-refractivity contribution in [2.45, 2.75) is 22.6 Å². The summed E-state index contributed by atoms with van der Waals surface area (Å²) in [6.07, 6.45) is 0. The smallest absolute Gasteiger partial charge is 0.548 e. The summed E-state index contributed by atoms with van der Waals surface area (Å²) in [4.78, 5) is 62.1. The maximum Gasteiger partial charge on any atom is 1.00 e. The first-order chi connectivity index (χ1) is 18.7. The van der Waals surface area contributed by atoms with Gasteiger partial charge in [0.05, 0.1) is 24.2 Å². The third-order valence-corrected chi connectivity index (χ3v) is 8.09. The number of benzene rings is 1. The van der Waals surface area contributed by atoms with Gasteiger partial charge in [-0.1, -0.05) is 42.1 Å². The first kappa shape index (κ1) is 35.2. The predicted octanol–water partition coefficient (Wildman–Crippen LogP) is -9.66. The number of carbonyl (C=O) groups excluding carboxylic acids is 5. The fourth-order valence-electron chi connectivity index (χ4n) is 3.89. The van der Waals surface area contributed by atoms with E-state index in [0.29, 0.717) is 16.3 Å². The largest absolute Gasteiger partial charge is 1.00 e. The van der Waals surface area contributed by atoms with Gasteiger partial charge in [0.25, 0.3) is 5.91 Å². The zero-order valence-corrected chi connectivity index (χ0v) is 27.9. The molecule has 3 heterocycles. The summed E-state index contributed by atoms with van der Waals surface area (Å²) in [5.41, 5.74) is 0.597. The predicted molar refractivity (Wildman–Crippen MR) is 130 cm³/mol. The van der Waals surface area contributed by atoms with Crippen molar-refractivity contribution < 1.29 is 98.0 Å². The average molecular weight is 622 g/mol. The van der Waals surface area contributed by atoms with Gasteiger partial charge in [-0.3, -0.25) is 19.3 Å². The molecule has 41 heavy (non-hydrogen) atoms. The molecule has 2 aliphatic heterocycles. The van der Waals surface area contributed by atoms with Crippen LogP contribution in [0.25, 0.3) is 0 Å². The fourth-order valence-corrected chi connectivity index (χ4v) is 6.22. The van der Waals surface area contributed by atoms with E-state index in [4.69, 9.17) is 4.74 Å². The number of β-lactam (4-membered cyclic amide) rings is 1. The van der Waals surface area contributed by atoms with Gasteiger partial charge in [0, 0.05) is 18.6 Å². The van der Waals surface area contributed by atoms with E-state index in [0.717, 1.165) is 4.90 Å². The van der Waals surface area contributed by atoms with Gasteiger partial charge in [-0.15, -0.1) is 16.9 Å². The van der Waals surface area contributed by atoms with Crippen molar-refractivity contribution in [3.05, 3.63) is 47.2 Å². The van der Waals surface area contributed by atoms with E-state index in [9.17, 15) is 34.2 Å². The van der Waals surface area contributed by atoms with Gasteiger partial charge < -0.3 is 35.2 Å². The van der Waals surface area contributed by atoms with Crippen LogP contribution in [0.4, 0.5) is 0 Å². The number of tetrazole rings is 1. The van der Waals surface area contributed by atoms with Crippen LogP contribution in [-0.2, 0) is 35.8 Å². The van der Waals surface area contributed by atoms with Crippen LogP contribution in [0, 0.1) is 0 Å². The molecule has 2 aromatic rings. The van der Waals surface area contributed by atoms with Crippen molar-refractivity contribution in [3.8, 4) is 0 Å². The number of aryl methyl sites for hydroxylation is 1. The van der Waals surface area contributed by atoms with Crippen LogP contribution in [0.15, 0.2) is 46.8 Å². The van der Waals surface area contributed by atoms with E-state index >= 15 is 0 Å². The number of hydrogen-bond acceptors (Lipinski definition) is 13. The van der Waals surface area contributed by atoms with Gasteiger partial charge >= 0.3 is 59.1 Å². The van der Waals surface area contributed by atoms with Crippen LogP contribution >= 0.6 is 23.5 Å². The minimum atomic E-state index is -1.52. The van der Waals surface area contributed by atoms with E-state index in [1.165, 1.54) is 28.2 Å². The number of carboxylic acids is 2. The molecule has 0 radical (unpaired) electrons. The van der Waals surface area contributed by atoms with Gasteiger partial charge in [-0.25, -0.2) is 4.68 Å². The summed E-state index contributed by atoms with van der Waals surface area (Å²) in [5.74, 6) is -4.68.